The lowest BCUT2D eigenvalue weighted by Gasteiger charge is -2.27. The quantitative estimate of drug-likeness (QED) is 0.172. The van der Waals surface area contributed by atoms with Gasteiger partial charge in [-0.15, -0.1) is 0 Å². The second kappa shape index (κ2) is 14.3. The number of allylic oxidation sites excluding steroid dienone is 2. The van der Waals surface area contributed by atoms with Gasteiger partial charge in [0.1, 0.15) is 0 Å². The van der Waals surface area contributed by atoms with Gasteiger partial charge in [0.25, 0.3) is 0 Å². The molecule has 0 N–H and O–H groups in total. The van der Waals surface area contributed by atoms with Gasteiger partial charge < -0.3 is 4.74 Å². The van der Waals surface area contributed by atoms with Crippen molar-refractivity contribution in [2.75, 3.05) is 6.61 Å². The van der Waals surface area contributed by atoms with Crippen LogP contribution in [0.25, 0.3) is 11.1 Å². The predicted octanol–water partition coefficient (Wildman–Crippen LogP) is 10.2. The molecule has 1 nitrogen and oxygen atoms in total. The van der Waals surface area contributed by atoms with Crippen molar-refractivity contribution >= 4 is 0 Å². The highest BCUT2D eigenvalue weighted by atomic mass is 19.2. The van der Waals surface area contributed by atoms with Crippen LogP contribution < -0.4 is 4.74 Å². The van der Waals surface area contributed by atoms with E-state index in [4.69, 9.17) is 4.74 Å². The molecule has 0 radical (unpaired) electrons. The van der Waals surface area contributed by atoms with Gasteiger partial charge in [-0.05, 0) is 105 Å². The Hall–Kier alpha value is -2.94. The number of benzene rings is 3. The summed E-state index contributed by atoms with van der Waals surface area (Å²) in [6.45, 7) is 4.31. The fraction of sp³-hybridized carbons (Fsp3) is 0.429. The lowest BCUT2D eigenvalue weighted by Crippen LogP contribution is -2.11. The molecule has 1 aliphatic rings. The first-order valence-corrected chi connectivity index (χ1v) is 14.5. The van der Waals surface area contributed by atoms with Crippen LogP contribution in [0.2, 0.25) is 0 Å². The van der Waals surface area contributed by atoms with E-state index in [9.17, 15) is 8.78 Å². The summed E-state index contributed by atoms with van der Waals surface area (Å²) in [6, 6.07) is 20.3. The van der Waals surface area contributed by atoms with Crippen LogP contribution in [-0.4, -0.2) is 6.61 Å². The number of rotatable bonds is 12. The Kier molecular flexibility index (Phi) is 10.6. The molecule has 3 aromatic carbocycles. The summed E-state index contributed by atoms with van der Waals surface area (Å²) < 4.78 is 33.9. The number of aryl methyl sites for hydroxylation is 2. The molecule has 0 saturated heterocycles. The lowest BCUT2D eigenvalue weighted by molar-refractivity contribution is 0.314. The average molecular weight is 517 g/mol. The molecule has 38 heavy (non-hydrogen) atoms. The van der Waals surface area contributed by atoms with Crippen molar-refractivity contribution < 1.29 is 13.5 Å². The first-order chi connectivity index (χ1) is 18.6. The molecule has 0 aliphatic heterocycles. The lowest BCUT2D eigenvalue weighted by atomic mass is 9.78. The average Bonchev–Trinajstić information content (AvgIpc) is 2.95. The van der Waals surface area contributed by atoms with E-state index in [0.717, 1.165) is 12.8 Å². The van der Waals surface area contributed by atoms with Gasteiger partial charge in [-0.3, -0.25) is 0 Å². The minimum atomic E-state index is -0.927. The predicted molar refractivity (Wildman–Crippen MR) is 155 cm³/mol. The monoisotopic (exact) mass is 516 g/mol. The van der Waals surface area contributed by atoms with E-state index >= 15 is 0 Å². The Morgan fingerprint density at radius 2 is 1.45 bits per heavy atom. The first kappa shape index (κ1) is 28.1. The zero-order valence-electron chi connectivity index (χ0n) is 23.0. The molecule has 0 spiro atoms. The van der Waals surface area contributed by atoms with E-state index in [-0.39, 0.29) is 11.3 Å². The SMILES string of the molecule is CCCCCc1ccc(C2CCC(/C=C/CCc3ccc(-c4ccc(OCC)c(F)c4F)cc3)CC2)cc1. The van der Waals surface area contributed by atoms with Crippen LogP contribution in [0.1, 0.15) is 87.8 Å². The van der Waals surface area contributed by atoms with Crippen LogP contribution in [0.5, 0.6) is 5.75 Å². The van der Waals surface area contributed by atoms with Crippen LogP contribution >= 0.6 is 0 Å². The van der Waals surface area contributed by atoms with Gasteiger partial charge in [0.2, 0.25) is 5.82 Å². The Morgan fingerprint density at radius 3 is 2.13 bits per heavy atom. The molecule has 0 aromatic heterocycles. The maximum atomic E-state index is 14.5. The Morgan fingerprint density at radius 1 is 0.763 bits per heavy atom. The maximum Gasteiger partial charge on any atom is 0.201 e. The van der Waals surface area contributed by atoms with Crippen molar-refractivity contribution in [1.29, 1.82) is 0 Å². The first-order valence-electron chi connectivity index (χ1n) is 14.5. The smallest absolute Gasteiger partial charge is 0.201 e. The van der Waals surface area contributed by atoms with Gasteiger partial charge in [0.05, 0.1) is 6.61 Å². The molecular weight excluding hydrogens is 474 g/mol. The molecule has 1 fully saturated rings. The molecule has 0 heterocycles. The van der Waals surface area contributed by atoms with Crippen molar-refractivity contribution in [3.05, 3.63) is 101 Å². The van der Waals surface area contributed by atoms with Crippen LogP contribution in [0.4, 0.5) is 8.78 Å². The van der Waals surface area contributed by atoms with Gasteiger partial charge in [-0.2, -0.15) is 4.39 Å². The fourth-order valence-electron chi connectivity index (χ4n) is 5.59. The summed E-state index contributed by atoms with van der Waals surface area (Å²) in [5.74, 6) is -0.447. The van der Waals surface area contributed by atoms with Crippen molar-refractivity contribution in [3.63, 3.8) is 0 Å². The zero-order valence-corrected chi connectivity index (χ0v) is 23.0. The summed E-state index contributed by atoms with van der Waals surface area (Å²) in [6.07, 6.45) is 16.8. The third-order valence-corrected chi connectivity index (χ3v) is 7.91. The molecule has 3 heteroatoms. The van der Waals surface area contributed by atoms with Crippen molar-refractivity contribution in [1.82, 2.24) is 0 Å². The minimum Gasteiger partial charge on any atom is -0.491 e. The molecular formula is C35H42F2O. The topological polar surface area (TPSA) is 9.23 Å². The van der Waals surface area contributed by atoms with Crippen molar-refractivity contribution in [2.24, 2.45) is 5.92 Å². The van der Waals surface area contributed by atoms with E-state index in [1.165, 1.54) is 74.1 Å². The minimum absolute atomic E-state index is 0.0440. The van der Waals surface area contributed by atoms with Crippen molar-refractivity contribution in [3.8, 4) is 16.9 Å². The van der Waals surface area contributed by atoms with Crippen LogP contribution in [0.15, 0.2) is 72.8 Å². The highest BCUT2D eigenvalue weighted by Crippen LogP contribution is 2.36. The summed E-state index contributed by atoms with van der Waals surface area (Å²) in [5.41, 5.74) is 5.13. The normalized spacial score (nSPS) is 17.7. The molecule has 0 amide bonds. The summed E-state index contributed by atoms with van der Waals surface area (Å²) in [7, 11) is 0. The third kappa shape index (κ3) is 7.56. The van der Waals surface area contributed by atoms with Gasteiger partial charge in [0, 0.05) is 5.56 Å². The molecule has 0 unspecified atom stereocenters. The highest BCUT2D eigenvalue weighted by molar-refractivity contribution is 5.65. The summed E-state index contributed by atoms with van der Waals surface area (Å²) in [4.78, 5) is 0. The van der Waals surface area contributed by atoms with Gasteiger partial charge in [0.15, 0.2) is 11.6 Å². The zero-order chi connectivity index (χ0) is 26.7. The van der Waals surface area contributed by atoms with Gasteiger partial charge >= 0.3 is 0 Å². The van der Waals surface area contributed by atoms with E-state index in [2.05, 4.69) is 43.3 Å². The Balaban J connectivity index is 1.21. The molecule has 4 rings (SSSR count). The highest BCUT2D eigenvalue weighted by Gasteiger charge is 2.21. The second-order valence-electron chi connectivity index (χ2n) is 10.6. The second-order valence-corrected chi connectivity index (χ2v) is 10.6. The Bertz CT molecular complexity index is 1160. The van der Waals surface area contributed by atoms with Gasteiger partial charge in [-0.25, -0.2) is 4.39 Å². The molecule has 1 saturated carbocycles. The maximum absolute atomic E-state index is 14.5. The van der Waals surface area contributed by atoms with Crippen molar-refractivity contribution in [2.45, 2.75) is 84.0 Å². The number of ether oxygens (including phenoxy) is 1. The van der Waals surface area contributed by atoms with E-state index in [0.29, 0.717) is 24.0 Å². The molecule has 3 aromatic rings. The van der Waals surface area contributed by atoms with E-state index in [1.54, 1.807) is 13.0 Å². The van der Waals surface area contributed by atoms with Gasteiger partial charge in [-0.1, -0.05) is 80.4 Å². The third-order valence-electron chi connectivity index (χ3n) is 7.91. The molecule has 0 bridgehead atoms. The number of halogens is 2. The van der Waals surface area contributed by atoms with Crippen LogP contribution in [-0.2, 0) is 12.8 Å². The Labute approximate surface area is 227 Å². The summed E-state index contributed by atoms with van der Waals surface area (Å²) >= 11 is 0. The van der Waals surface area contributed by atoms with Crippen LogP contribution in [0, 0.1) is 17.6 Å². The number of hydrogen-bond acceptors (Lipinski definition) is 1. The van der Waals surface area contributed by atoms with E-state index in [1.807, 2.05) is 24.3 Å². The number of hydrogen-bond donors (Lipinski definition) is 0. The standard InChI is InChI=1S/C35H42F2O/c1-3-5-6-9-26-12-18-29(19-13-26)30-20-14-27(15-21-30)10-7-8-11-28-16-22-31(23-17-28)32-24-25-33(38-4-2)35(37)34(32)36/h7,10,12-13,16-19,22-25,27,30H,3-6,8-9,11,14-15,20-21H2,1-2H3/b10-7+. The summed E-state index contributed by atoms with van der Waals surface area (Å²) in [5, 5.41) is 0. The number of unbranched alkanes of at least 4 members (excludes halogenated alkanes) is 2. The van der Waals surface area contributed by atoms with E-state index < -0.39 is 11.6 Å². The molecule has 202 valence electrons. The van der Waals surface area contributed by atoms with Crippen LogP contribution in [0.3, 0.4) is 0 Å². The molecule has 0 atom stereocenters. The molecule has 1 aliphatic carbocycles. The largest absolute Gasteiger partial charge is 0.491 e. The fourth-order valence-corrected chi connectivity index (χ4v) is 5.59.